The highest BCUT2D eigenvalue weighted by molar-refractivity contribution is 7.98. The van der Waals surface area contributed by atoms with Gasteiger partial charge in [-0.3, -0.25) is 14.9 Å². The van der Waals surface area contributed by atoms with Gasteiger partial charge in [-0.05, 0) is 37.5 Å². The molecule has 154 valence electrons. The molecule has 9 nitrogen and oxygen atoms in total. The van der Waals surface area contributed by atoms with E-state index in [2.05, 4.69) is 10.6 Å². The topological polar surface area (TPSA) is 123 Å². The Morgan fingerprint density at radius 1 is 1.18 bits per heavy atom. The molecule has 0 unspecified atom stereocenters. The number of amides is 4. The first-order chi connectivity index (χ1) is 13.3. The van der Waals surface area contributed by atoms with Crippen LogP contribution in [0.3, 0.4) is 0 Å². The highest BCUT2D eigenvalue weighted by Crippen LogP contribution is 2.17. The molecular weight excluding hydrogens is 386 g/mol. The van der Waals surface area contributed by atoms with Gasteiger partial charge in [0.05, 0.1) is 12.7 Å². The maximum absolute atomic E-state index is 12.6. The number of rotatable bonds is 9. The van der Waals surface area contributed by atoms with Crippen molar-refractivity contribution in [3.8, 4) is 5.75 Å². The lowest BCUT2D eigenvalue weighted by atomic mass is 10.1. The molecule has 0 aliphatic rings. The van der Waals surface area contributed by atoms with E-state index in [0.717, 1.165) is 0 Å². The number of hydrogen-bond donors (Lipinski definition) is 3. The SMILES string of the molecule is CNC(=O)NC(=O)[C@@H](C)OC(=O)[C@H](CCSC)NC(=O)c1ccccc1OC. The minimum atomic E-state index is -1.20. The molecule has 4 amide bonds. The zero-order chi connectivity index (χ0) is 21.1. The summed E-state index contributed by atoms with van der Waals surface area (Å²) >= 11 is 1.50. The van der Waals surface area contributed by atoms with E-state index in [1.54, 1.807) is 24.3 Å². The minimum Gasteiger partial charge on any atom is -0.496 e. The summed E-state index contributed by atoms with van der Waals surface area (Å²) in [5.74, 6) is -1.08. The number of hydrogen-bond acceptors (Lipinski definition) is 7. The van der Waals surface area contributed by atoms with Gasteiger partial charge in [0.1, 0.15) is 11.8 Å². The number of para-hydroxylation sites is 1. The molecule has 1 aromatic rings. The number of carbonyl (C=O) groups is 4. The van der Waals surface area contributed by atoms with Crippen LogP contribution in [-0.2, 0) is 14.3 Å². The van der Waals surface area contributed by atoms with E-state index in [4.69, 9.17) is 9.47 Å². The van der Waals surface area contributed by atoms with Gasteiger partial charge in [0, 0.05) is 7.05 Å². The Hall–Kier alpha value is -2.75. The Balaban J connectivity index is 2.83. The summed E-state index contributed by atoms with van der Waals surface area (Å²) < 4.78 is 10.3. The molecule has 0 spiro atoms. The molecule has 0 aliphatic carbocycles. The predicted octanol–water partition coefficient (Wildman–Crippen LogP) is 0.934. The fraction of sp³-hybridized carbons (Fsp3) is 0.444. The maximum Gasteiger partial charge on any atom is 0.329 e. The fourth-order valence-corrected chi connectivity index (χ4v) is 2.61. The number of thioether (sulfide) groups is 1. The van der Waals surface area contributed by atoms with Crippen LogP contribution in [0.4, 0.5) is 4.79 Å². The van der Waals surface area contributed by atoms with Gasteiger partial charge in [0.25, 0.3) is 11.8 Å². The first-order valence-corrected chi connectivity index (χ1v) is 9.89. The van der Waals surface area contributed by atoms with Crippen LogP contribution in [0, 0.1) is 0 Å². The van der Waals surface area contributed by atoms with E-state index >= 15 is 0 Å². The number of ether oxygens (including phenoxy) is 2. The number of benzene rings is 1. The number of methoxy groups -OCH3 is 1. The molecule has 2 atom stereocenters. The summed E-state index contributed by atoms with van der Waals surface area (Å²) in [7, 11) is 2.80. The Labute approximate surface area is 167 Å². The largest absolute Gasteiger partial charge is 0.496 e. The molecule has 0 saturated carbocycles. The van der Waals surface area contributed by atoms with E-state index < -0.39 is 36.0 Å². The van der Waals surface area contributed by atoms with Gasteiger partial charge in [0.15, 0.2) is 6.10 Å². The second-order valence-corrected chi connectivity index (χ2v) is 6.64. The standard InChI is InChI=1S/C18H25N3O6S/c1-11(15(22)21-18(25)19-2)27-17(24)13(9-10-28-4)20-16(23)12-7-5-6-8-14(12)26-3/h5-8,11,13H,9-10H2,1-4H3,(H,20,23)(H2,19,21,22,25)/t11-,13+/m1/s1. The monoisotopic (exact) mass is 411 g/mol. The average molecular weight is 411 g/mol. The van der Waals surface area contributed by atoms with Gasteiger partial charge >= 0.3 is 12.0 Å². The van der Waals surface area contributed by atoms with E-state index in [0.29, 0.717) is 17.9 Å². The third-order valence-electron chi connectivity index (χ3n) is 3.68. The van der Waals surface area contributed by atoms with E-state index in [1.807, 2.05) is 11.6 Å². The van der Waals surface area contributed by atoms with Gasteiger partial charge < -0.3 is 20.1 Å². The number of imide groups is 1. The van der Waals surface area contributed by atoms with Crippen molar-refractivity contribution in [2.45, 2.75) is 25.5 Å². The second-order valence-electron chi connectivity index (χ2n) is 5.66. The van der Waals surface area contributed by atoms with Crippen molar-refractivity contribution in [2.24, 2.45) is 0 Å². The Morgan fingerprint density at radius 3 is 2.46 bits per heavy atom. The number of urea groups is 1. The molecule has 0 aliphatic heterocycles. The van der Waals surface area contributed by atoms with Crippen LogP contribution in [-0.4, -0.2) is 62.1 Å². The van der Waals surface area contributed by atoms with Crippen LogP contribution < -0.4 is 20.7 Å². The third kappa shape index (κ3) is 7.10. The Morgan fingerprint density at radius 2 is 1.86 bits per heavy atom. The molecule has 0 heterocycles. The molecule has 10 heteroatoms. The van der Waals surface area contributed by atoms with E-state index in [1.165, 1.54) is 32.8 Å². The van der Waals surface area contributed by atoms with Gasteiger partial charge in [-0.15, -0.1) is 0 Å². The molecule has 3 N–H and O–H groups in total. The molecule has 1 rings (SSSR count). The fourth-order valence-electron chi connectivity index (χ4n) is 2.14. The lowest BCUT2D eigenvalue weighted by molar-refractivity contribution is -0.156. The van der Waals surface area contributed by atoms with Crippen molar-refractivity contribution in [3.05, 3.63) is 29.8 Å². The van der Waals surface area contributed by atoms with Crippen LogP contribution in [0.25, 0.3) is 0 Å². The molecule has 0 saturated heterocycles. The van der Waals surface area contributed by atoms with Crippen molar-refractivity contribution >= 4 is 35.6 Å². The van der Waals surface area contributed by atoms with Crippen LogP contribution >= 0.6 is 11.8 Å². The summed E-state index contributed by atoms with van der Waals surface area (Å²) in [5.41, 5.74) is 0.275. The smallest absolute Gasteiger partial charge is 0.329 e. The van der Waals surface area contributed by atoms with Crippen molar-refractivity contribution in [1.82, 2.24) is 16.0 Å². The van der Waals surface area contributed by atoms with E-state index in [-0.39, 0.29) is 5.56 Å². The van der Waals surface area contributed by atoms with Crippen LogP contribution in [0.5, 0.6) is 5.75 Å². The summed E-state index contributed by atoms with van der Waals surface area (Å²) in [6.07, 6.45) is 0.971. The van der Waals surface area contributed by atoms with Crippen LogP contribution in [0.2, 0.25) is 0 Å². The molecule has 28 heavy (non-hydrogen) atoms. The van der Waals surface area contributed by atoms with Crippen molar-refractivity contribution < 1.29 is 28.7 Å². The van der Waals surface area contributed by atoms with Crippen LogP contribution in [0.1, 0.15) is 23.7 Å². The first kappa shape index (κ1) is 23.3. The molecule has 0 radical (unpaired) electrons. The highest BCUT2D eigenvalue weighted by atomic mass is 32.2. The highest BCUT2D eigenvalue weighted by Gasteiger charge is 2.27. The zero-order valence-electron chi connectivity index (χ0n) is 16.2. The molecule has 0 aromatic heterocycles. The zero-order valence-corrected chi connectivity index (χ0v) is 17.1. The predicted molar refractivity (Wildman–Crippen MR) is 105 cm³/mol. The minimum absolute atomic E-state index is 0.275. The van der Waals surface area contributed by atoms with Gasteiger partial charge in [-0.25, -0.2) is 9.59 Å². The number of carbonyl (C=O) groups excluding carboxylic acids is 4. The summed E-state index contributed by atoms with van der Waals surface area (Å²) in [4.78, 5) is 48.1. The number of nitrogens with one attached hydrogen (secondary N) is 3. The van der Waals surface area contributed by atoms with Crippen molar-refractivity contribution in [3.63, 3.8) is 0 Å². The Bertz CT molecular complexity index is 712. The molecule has 0 bridgehead atoms. The first-order valence-electron chi connectivity index (χ1n) is 8.49. The van der Waals surface area contributed by atoms with Gasteiger partial charge in [0.2, 0.25) is 0 Å². The van der Waals surface area contributed by atoms with Crippen molar-refractivity contribution in [2.75, 3.05) is 26.2 Å². The lowest BCUT2D eigenvalue weighted by Crippen LogP contribution is -2.47. The molecule has 0 fully saturated rings. The second kappa shape index (κ2) is 11.9. The third-order valence-corrected chi connectivity index (χ3v) is 4.32. The van der Waals surface area contributed by atoms with E-state index in [9.17, 15) is 19.2 Å². The summed E-state index contributed by atoms with van der Waals surface area (Å²) in [5, 5.41) is 6.87. The number of esters is 1. The van der Waals surface area contributed by atoms with Gasteiger partial charge in [-0.2, -0.15) is 11.8 Å². The molecular formula is C18H25N3O6S. The average Bonchev–Trinajstić information content (AvgIpc) is 2.70. The summed E-state index contributed by atoms with van der Waals surface area (Å²) in [6.45, 7) is 1.34. The lowest BCUT2D eigenvalue weighted by Gasteiger charge is -2.20. The maximum atomic E-state index is 12.6. The quantitative estimate of drug-likeness (QED) is 0.517. The normalized spacial score (nSPS) is 12.3. The van der Waals surface area contributed by atoms with Crippen molar-refractivity contribution in [1.29, 1.82) is 0 Å². The van der Waals surface area contributed by atoms with Crippen LogP contribution in [0.15, 0.2) is 24.3 Å². The molecule has 1 aromatic carbocycles. The summed E-state index contributed by atoms with van der Waals surface area (Å²) in [6, 6.07) is 4.94. The van der Waals surface area contributed by atoms with Gasteiger partial charge in [-0.1, -0.05) is 12.1 Å². The Kier molecular flexibility index (Phi) is 9.86.